The van der Waals surface area contributed by atoms with E-state index in [1.807, 2.05) is 30.3 Å². The Balaban J connectivity index is 1.79. The molecule has 0 amide bonds. The molecule has 2 nitrogen and oxygen atoms in total. The second-order valence-electron chi connectivity index (χ2n) is 9.24. The van der Waals surface area contributed by atoms with Crippen molar-refractivity contribution in [3.05, 3.63) is 101 Å². The Bertz CT molecular complexity index is 2230. The van der Waals surface area contributed by atoms with E-state index in [1.165, 1.54) is 0 Å². The van der Waals surface area contributed by atoms with Crippen LogP contribution in [0, 0.1) is 0 Å². The van der Waals surface area contributed by atoms with Crippen molar-refractivity contribution >= 4 is 126 Å². The summed E-state index contributed by atoms with van der Waals surface area (Å²) in [5, 5.41) is 12.3. The molecule has 0 unspecified atom stereocenters. The molecule has 0 N–H and O–H groups in total. The van der Waals surface area contributed by atoms with E-state index in [1.54, 1.807) is 18.2 Å². The molecule has 8 aromatic carbocycles. The van der Waals surface area contributed by atoms with Crippen molar-refractivity contribution < 1.29 is 0 Å². The zero-order valence-corrected chi connectivity index (χ0v) is 22.0. The Kier molecular flexibility index (Phi) is 4.04. The lowest BCUT2D eigenvalue weighted by atomic mass is 9.84. The Morgan fingerprint density at radius 1 is 0.444 bits per heavy atom. The van der Waals surface area contributed by atoms with Gasteiger partial charge in [0, 0.05) is 52.2 Å². The molecule has 0 aliphatic carbocycles. The van der Waals surface area contributed by atoms with Crippen LogP contribution in [0.5, 0.6) is 0 Å². The van der Waals surface area contributed by atoms with Crippen LogP contribution >= 0.6 is 50.7 Å². The number of benzene rings is 8. The van der Waals surface area contributed by atoms with Crippen LogP contribution in [0.25, 0.3) is 75.4 Å². The fourth-order valence-electron chi connectivity index (χ4n) is 6.15. The first-order chi connectivity index (χ1) is 17.4. The topological polar surface area (TPSA) is 34.1 Å². The average molecular weight is 589 g/mol. The molecule has 0 spiro atoms. The van der Waals surface area contributed by atoms with Crippen molar-refractivity contribution in [2.24, 2.45) is 0 Å². The van der Waals surface area contributed by atoms with Crippen molar-refractivity contribution in [2.45, 2.75) is 0 Å². The molecule has 0 atom stereocenters. The zero-order chi connectivity index (χ0) is 24.6. The van der Waals surface area contributed by atoms with Gasteiger partial charge in [0.1, 0.15) is 0 Å². The van der Waals surface area contributed by atoms with E-state index < -0.39 is 0 Å². The molecule has 0 aliphatic heterocycles. The molecular formula is C30H10BrCl3O2. The summed E-state index contributed by atoms with van der Waals surface area (Å²) in [5.41, 5.74) is -0.225. The summed E-state index contributed by atoms with van der Waals surface area (Å²) in [6.45, 7) is 0. The lowest BCUT2D eigenvalue weighted by molar-refractivity contribution is 1.70. The lowest BCUT2D eigenvalue weighted by Gasteiger charge is -2.19. The van der Waals surface area contributed by atoms with Crippen LogP contribution in [0.2, 0.25) is 15.1 Å². The molecule has 36 heavy (non-hydrogen) atoms. The maximum absolute atomic E-state index is 13.7. The second-order valence-corrected chi connectivity index (χ2v) is 11.3. The minimum Gasteiger partial charge on any atom is -0.289 e. The van der Waals surface area contributed by atoms with Gasteiger partial charge in [0.2, 0.25) is 0 Å². The summed E-state index contributed by atoms with van der Waals surface area (Å²) in [6, 6.07) is 18.8. The third kappa shape index (κ3) is 2.36. The Morgan fingerprint density at radius 3 is 1.44 bits per heavy atom. The maximum atomic E-state index is 13.7. The van der Waals surface area contributed by atoms with Crippen molar-refractivity contribution in [1.29, 1.82) is 0 Å². The van der Waals surface area contributed by atoms with E-state index in [-0.39, 0.29) is 10.9 Å². The Morgan fingerprint density at radius 2 is 0.889 bits per heavy atom. The fraction of sp³-hybridized carbons (Fsp3) is 0. The minimum absolute atomic E-state index is 0.0754. The van der Waals surface area contributed by atoms with Crippen molar-refractivity contribution in [3.63, 3.8) is 0 Å². The Labute approximate surface area is 225 Å². The average Bonchev–Trinajstić information content (AvgIpc) is 2.87. The molecule has 0 fully saturated rings. The number of rotatable bonds is 0. The highest BCUT2D eigenvalue weighted by Gasteiger charge is 2.24. The summed E-state index contributed by atoms with van der Waals surface area (Å²) < 4.78 is 0.711. The number of hydrogen-bond acceptors (Lipinski definition) is 2. The van der Waals surface area contributed by atoms with E-state index in [4.69, 9.17) is 34.8 Å². The third-order valence-electron chi connectivity index (χ3n) is 7.55. The monoisotopic (exact) mass is 586 g/mol. The summed E-state index contributed by atoms with van der Waals surface area (Å²) in [5.74, 6) is 0. The van der Waals surface area contributed by atoms with Crippen LogP contribution < -0.4 is 10.9 Å². The highest BCUT2D eigenvalue weighted by Crippen LogP contribution is 2.47. The zero-order valence-electron chi connectivity index (χ0n) is 18.1. The predicted octanol–water partition coefficient (Wildman–Crippen LogP) is 9.52. The van der Waals surface area contributed by atoms with Crippen molar-refractivity contribution in [2.75, 3.05) is 0 Å². The van der Waals surface area contributed by atoms with Gasteiger partial charge < -0.3 is 0 Å². The van der Waals surface area contributed by atoms with Crippen LogP contribution in [0.3, 0.4) is 0 Å². The molecule has 0 aromatic heterocycles. The van der Waals surface area contributed by atoms with E-state index in [9.17, 15) is 9.59 Å². The molecule has 0 aliphatic rings. The Hall–Kier alpha value is -2.95. The summed E-state index contributed by atoms with van der Waals surface area (Å²) >= 11 is 23.4. The number of halogens is 4. The fourth-order valence-corrected chi connectivity index (χ4v) is 7.42. The molecule has 170 valence electrons. The predicted molar refractivity (Wildman–Crippen MR) is 158 cm³/mol. The molecule has 0 bridgehead atoms. The van der Waals surface area contributed by atoms with Gasteiger partial charge in [0.05, 0.1) is 10.4 Å². The van der Waals surface area contributed by atoms with Crippen LogP contribution in [0.1, 0.15) is 0 Å². The molecule has 8 aromatic rings. The van der Waals surface area contributed by atoms with Gasteiger partial charge >= 0.3 is 0 Å². The highest BCUT2D eigenvalue weighted by atomic mass is 79.9. The van der Waals surface area contributed by atoms with E-state index >= 15 is 0 Å². The molecule has 0 saturated carbocycles. The molecular weight excluding hydrogens is 579 g/mol. The summed E-state index contributed by atoms with van der Waals surface area (Å²) in [7, 11) is 0. The third-order valence-corrected chi connectivity index (χ3v) is 9.16. The largest absolute Gasteiger partial charge is 0.289 e. The van der Waals surface area contributed by atoms with Gasteiger partial charge in [-0.15, -0.1) is 0 Å². The van der Waals surface area contributed by atoms with Crippen LogP contribution in [-0.2, 0) is 0 Å². The van der Waals surface area contributed by atoms with E-state index in [0.29, 0.717) is 46.5 Å². The van der Waals surface area contributed by atoms with Crippen molar-refractivity contribution in [1.82, 2.24) is 0 Å². The van der Waals surface area contributed by atoms with Gasteiger partial charge in [-0.2, -0.15) is 0 Å². The SMILES string of the molecule is O=c1c2ccc3cc4c5c(Cl)ccc(Br)c5c(=O)c5ccc6cc(c7c(Cl)ccc(Cl)c17)c2c3c6c54. The summed E-state index contributed by atoms with van der Waals surface area (Å²) in [6.07, 6.45) is 0. The van der Waals surface area contributed by atoms with Gasteiger partial charge in [-0.1, -0.05) is 62.9 Å². The van der Waals surface area contributed by atoms with E-state index in [2.05, 4.69) is 28.1 Å². The first-order valence-corrected chi connectivity index (χ1v) is 13.1. The van der Waals surface area contributed by atoms with Gasteiger partial charge in [0.25, 0.3) is 0 Å². The normalized spacial score (nSPS) is 12.7. The summed E-state index contributed by atoms with van der Waals surface area (Å²) in [4.78, 5) is 27.4. The van der Waals surface area contributed by atoms with Crippen LogP contribution in [-0.4, -0.2) is 0 Å². The molecule has 6 heteroatoms. The van der Waals surface area contributed by atoms with Gasteiger partial charge in [-0.3, -0.25) is 9.59 Å². The van der Waals surface area contributed by atoms with Crippen molar-refractivity contribution in [3.8, 4) is 0 Å². The quantitative estimate of drug-likeness (QED) is 0.131. The molecule has 0 radical (unpaired) electrons. The lowest BCUT2D eigenvalue weighted by Crippen LogP contribution is -2.07. The molecule has 8 rings (SSSR count). The number of fused-ring (bicyclic) bond motifs is 4. The smallest absolute Gasteiger partial charge is 0.195 e. The van der Waals surface area contributed by atoms with Crippen LogP contribution in [0.15, 0.2) is 74.7 Å². The second kappa shape index (κ2) is 6.87. The standard InChI is InChI=1S/C30H10BrCl3O2/c31-17-5-6-18(32)25-15-9-11-2-4-14-24-16(26-19(33)7-8-20(34)28(26)30(14)36)10-12-1-3-13(29(35)27(17)25)23(15)21(12)22(11)24/h1-10H. The van der Waals surface area contributed by atoms with Gasteiger partial charge in [-0.25, -0.2) is 0 Å². The van der Waals surface area contributed by atoms with Gasteiger partial charge in [-0.05, 0) is 80.8 Å². The maximum Gasteiger partial charge on any atom is 0.195 e. The first kappa shape index (κ1) is 21.2. The van der Waals surface area contributed by atoms with E-state index in [0.717, 1.165) is 48.5 Å². The van der Waals surface area contributed by atoms with Gasteiger partial charge in [0.15, 0.2) is 10.9 Å². The first-order valence-electron chi connectivity index (χ1n) is 11.2. The molecule has 0 saturated heterocycles. The van der Waals surface area contributed by atoms with Crippen LogP contribution in [0.4, 0.5) is 0 Å². The number of hydrogen-bond donors (Lipinski definition) is 0. The minimum atomic E-state index is -0.149. The molecule has 0 heterocycles. The highest BCUT2D eigenvalue weighted by molar-refractivity contribution is 9.10.